The van der Waals surface area contributed by atoms with Crippen LogP contribution in [-0.4, -0.2) is 44.7 Å². The molecule has 0 aromatic carbocycles. The van der Waals surface area contributed by atoms with E-state index in [1.165, 1.54) is 12.4 Å². The molecule has 0 bridgehead atoms. The Bertz CT molecular complexity index is 488. The number of aromatic nitrogens is 2. The molecule has 0 saturated carbocycles. The van der Waals surface area contributed by atoms with Gasteiger partial charge in [-0.25, -0.2) is 23.1 Å². The Balaban J connectivity index is 2.47. The fraction of sp³-hybridized carbons (Fsp3) is 0.667. The summed E-state index contributed by atoms with van der Waals surface area (Å²) < 4.78 is 31.6. The number of anilines is 1. The van der Waals surface area contributed by atoms with Gasteiger partial charge in [0.1, 0.15) is 4.90 Å². The second-order valence-corrected chi connectivity index (χ2v) is 6.41. The maximum atomic E-state index is 11.9. The van der Waals surface area contributed by atoms with Gasteiger partial charge in [-0.05, 0) is 12.8 Å². The van der Waals surface area contributed by atoms with E-state index >= 15 is 0 Å². The molecule has 114 valence electrons. The third kappa shape index (κ3) is 5.81. The Morgan fingerprint density at radius 3 is 2.50 bits per heavy atom. The monoisotopic (exact) mass is 302 g/mol. The van der Waals surface area contributed by atoms with Crippen molar-refractivity contribution in [2.45, 2.75) is 25.7 Å². The summed E-state index contributed by atoms with van der Waals surface area (Å²) in [5.41, 5.74) is 0. The van der Waals surface area contributed by atoms with Gasteiger partial charge in [-0.1, -0.05) is 13.8 Å². The lowest BCUT2D eigenvalue weighted by Crippen LogP contribution is -2.28. The third-order valence-electron chi connectivity index (χ3n) is 2.26. The summed E-state index contributed by atoms with van der Waals surface area (Å²) in [6.07, 6.45) is 2.56. The highest BCUT2D eigenvalue weighted by molar-refractivity contribution is 7.89. The molecule has 0 saturated heterocycles. The minimum atomic E-state index is -3.58. The van der Waals surface area contributed by atoms with E-state index in [2.05, 4.69) is 20.0 Å². The molecule has 0 radical (unpaired) electrons. The molecular formula is C12H22N4O3S. The molecule has 1 heterocycles. The first-order valence-corrected chi connectivity index (χ1v) is 8.07. The summed E-state index contributed by atoms with van der Waals surface area (Å²) in [6.45, 7) is 7.84. The molecule has 2 N–H and O–H groups in total. The summed E-state index contributed by atoms with van der Waals surface area (Å²) in [5.74, 6) is 0.838. The molecule has 0 fully saturated rings. The van der Waals surface area contributed by atoms with Crippen molar-refractivity contribution in [1.29, 1.82) is 0 Å². The predicted octanol–water partition coefficient (Wildman–Crippen LogP) is 0.859. The summed E-state index contributed by atoms with van der Waals surface area (Å²) in [4.78, 5) is 7.90. The minimum Gasteiger partial charge on any atom is -0.380 e. The lowest BCUT2D eigenvalue weighted by Gasteiger charge is -2.09. The van der Waals surface area contributed by atoms with Crippen molar-refractivity contribution in [1.82, 2.24) is 14.7 Å². The molecular weight excluding hydrogens is 280 g/mol. The molecule has 7 nitrogen and oxygen atoms in total. The molecule has 1 rings (SSSR count). The number of ether oxygens (including phenoxy) is 1. The van der Waals surface area contributed by atoms with Crippen molar-refractivity contribution >= 4 is 16.0 Å². The quantitative estimate of drug-likeness (QED) is 0.657. The van der Waals surface area contributed by atoms with Crippen molar-refractivity contribution in [2.75, 3.05) is 31.6 Å². The average molecular weight is 302 g/mol. The predicted molar refractivity (Wildman–Crippen MR) is 77.0 cm³/mol. The average Bonchev–Trinajstić information content (AvgIpc) is 2.39. The largest absolute Gasteiger partial charge is 0.380 e. The highest BCUT2D eigenvalue weighted by Gasteiger charge is 2.14. The molecule has 0 unspecified atom stereocenters. The molecule has 0 aliphatic rings. The van der Waals surface area contributed by atoms with Crippen LogP contribution in [0, 0.1) is 5.92 Å². The fourth-order valence-electron chi connectivity index (χ4n) is 1.35. The van der Waals surface area contributed by atoms with Crippen molar-refractivity contribution in [3.8, 4) is 0 Å². The van der Waals surface area contributed by atoms with Crippen LogP contribution in [0.2, 0.25) is 0 Å². The zero-order chi connectivity index (χ0) is 15.0. The molecule has 8 heteroatoms. The van der Waals surface area contributed by atoms with E-state index in [1.807, 2.05) is 20.8 Å². The molecule has 0 aliphatic heterocycles. The van der Waals surface area contributed by atoms with E-state index in [9.17, 15) is 8.42 Å². The Morgan fingerprint density at radius 1 is 1.30 bits per heavy atom. The van der Waals surface area contributed by atoms with Gasteiger partial charge in [0.05, 0.1) is 19.0 Å². The highest BCUT2D eigenvalue weighted by atomic mass is 32.2. The Kier molecular flexibility index (Phi) is 6.83. The number of sulfonamides is 1. The van der Waals surface area contributed by atoms with E-state index in [1.54, 1.807) is 0 Å². The van der Waals surface area contributed by atoms with Crippen LogP contribution >= 0.6 is 0 Å². The van der Waals surface area contributed by atoms with E-state index in [0.29, 0.717) is 31.6 Å². The SMILES string of the molecule is CCNc1ncc(S(=O)(=O)NCCOCC(C)C)cn1. The van der Waals surface area contributed by atoms with Crippen LogP contribution < -0.4 is 10.0 Å². The molecule has 0 amide bonds. The van der Waals surface area contributed by atoms with Crippen LogP contribution in [0.4, 0.5) is 5.95 Å². The standard InChI is InChI=1S/C12H22N4O3S/c1-4-13-12-14-7-11(8-15-12)20(17,18)16-5-6-19-9-10(2)3/h7-8,10,16H,4-6,9H2,1-3H3,(H,13,14,15). The van der Waals surface area contributed by atoms with Gasteiger partial charge in [-0.3, -0.25) is 0 Å². The molecule has 0 aliphatic carbocycles. The Morgan fingerprint density at radius 2 is 1.95 bits per heavy atom. The van der Waals surface area contributed by atoms with Crippen LogP contribution in [0.25, 0.3) is 0 Å². The van der Waals surface area contributed by atoms with Crippen LogP contribution in [0.1, 0.15) is 20.8 Å². The maximum Gasteiger partial charge on any atom is 0.243 e. The van der Waals surface area contributed by atoms with Crippen molar-refractivity contribution in [2.24, 2.45) is 5.92 Å². The van der Waals surface area contributed by atoms with Crippen LogP contribution in [-0.2, 0) is 14.8 Å². The number of nitrogens with one attached hydrogen (secondary N) is 2. The number of hydrogen-bond acceptors (Lipinski definition) is 6. The van der Waals surface area contributed by atoms with Crippen molar-refractivity contribution < 1.29 is 13.2 Å². The Labute approximate surface area is 120 Å². The van der Waals surface area contributed by atoms with Gasteiger partial charge in [0.15, 0.2) is 0 Å². The summed E-state index contributed by atoms with van der Waals surface area (Å²) >= 11 is 0. The summed E-state index contributed by atoms with van der Waals surface area (Å²) in [5, 5.41) is 2.90. The smallest absolute Gasteiger partial charge is 0.243 e. The van der Waals surface area contributed by atoms with Gasteiger partial charge in [0.25, 0.3) is 0 Å². The van der Waals surface area contributed by atoms with E-state index < -0.39 is 10.0 Å². The molecule has 1 aromatic heterocycles. The number of hydrogen-bond donors (Lipinski definition) is 2. The number of rotatable bonds is 9. The van der Waals surface area contributed by atoms with Crippen LogP contribution in [0.5, 0.6) is 0 Å². The van der Waals surface area contributed by atoms with Crippen LogP contribution in [0.3, 0.4) is 0 Å². The van der Waals surface area contributed by atoms with Gasteiger partial charge in [0.2, 0.25) is 16.0 Å². The second kappa shape index (κ2) is 8.13. The molecule has 0 atom stereocenters. The van der Waals surface area contributed by atoms with Gasteiger partial charge in [-0.2, -0.15) is 0 Å². The normalized spacial score (nSPS) is 11.8. The topological polar surface area (TPSA) is 93.2 Å². The van der Waals surface area contributed by atoms with Crippen molar-refractivity contribution in [3.63, 3.8) is 0 Å². The maximum absolute atomic E-state index is 11.9. The summed E-state index contributed by atoms with van der Waals surface area (Å²) in [7, 11) is -3.58. The first-order valence-electron chi connectivity index (χ1n) is 6.59. The lowest BCUT2D eigenvalue weighted by molar-refractivity contribution is 0.114. The first-order chi connectivity index (χ1) is 9.45. The van der Waals surface area contributed by atoms with Gasteiger partial charge >= 0.3 is 0 Å². The zero-order valence-electron chi connectivity index (χ0n) is 12.1. The van der Waals surface area contributed by atoms with Gasteiger partial charge in [0, 0.05) is 19.7 Å². The second-order valence-electron chi connectivity index (χ2n) is 4.64. The first kappa shape index (κ1) is 16.8. The molecule has 1 aromatic rings. The zero-order valence-corrected chi connectivity index (χ0v) is 12.9. The van der Waals surface area contributed by atoms with Gasteiger partial charge < -0.3 is 10.1 Å². The van der Waals surface area contributed by atoms with E-state index in [-0.39, 0.29) is 11.4 Å². The lowest BCUT2D eigenvalue weighted by atomic mass is 10.2. The van der Waals surface area contributed by atoms with Gasteiger partial charge in [-0.15, -0.1) is 0 Å². The summed E-state index contributed by atoms with van der Waals surface area (Å²) in [6, 6.07) is 0. The highest BCUT2D eigenvalue weighted by Crippen LogP contribution is 2.06. The minimum absolute atomic E-state index is 0.0445. The molecule has 20 heavy (non-hydrogen) atoms. The van der Waals surface area contributed by atoms with E-state index in [4.69, 9.17) is 4.74 Å². The van der Waals surface area contributed by atoms with Crippen LogP contribution in [0.15, 0.2) is 17.3 Å². The molecule has 0 spiro atoms. The third-order valence-corrected chi connectivity index (χ3v) is 3.68. The van der Waals surface area contributed by atoms with E-state index in [0.717, 1.165) is 0 Å². The number of nitrogens with zero attached hydrogens (tertiary/aromatic N) is 2. The fourth-order valence-corrected chi connectivity index (χ4v) is 2.26. The van der Waals surface area contributed by atoms with Crippen molar-refractivity contribution in [3.05, 3.63) is 12.4 Å². The Hall–Kier alpha value is -1.25.